The number of aromatic nitrogens is 3. The molecule has 0 radical (unpaired) electrons. The van der Waals surface area contributed by atoms with E-state index in [1.165, 1.54) is 42.1 Å². The molecule has 0 aliphatic carbocycles. The summed E-state index contributed by atoms with van der Waals surface area (Å²) >= 11 is 0. The molecule has 0 bridgehead atoms. The molecule has 0 aliphatic rings. The predicted octanol–water partition coefficient (Wildman–Crippen LogP) is 5.12. The number of sulfone groups is 1. The molecule has 2 aromatic heterocycles. The maximum Gasteiger partial charge on any atom is 0.296 e. The lowest BCUT2D eigenvalue weighted by Gasteiger charge is -2.26. The monoisotopic (exact) mass is 565 g/mol. The molecular formula is C30H32FN3O5S. The molecule has 0 amide bonds. The highest BCUT2D eigenvalue weighted by Crippen LogP contribution is 2.33. The number of ether oxygens (including phenoxy) is 1. The Bertz CT molecular complexity index is 1650. The minimum atomic E-state index is -4.49. The van der Waals surface area contributed by atoms with Crippen LogP contribution in [0.15, 0.2) is 81.4 Å². The number of hydrogen-bond acceptors (Lipinski definition) is 7. The van der Waals surface area contributed by atoms with Crippen LogP contribution in [0.4, 0.5) is 4.39 Å². The van der Waals surface area contributed by atoms with Crippen LogP contribution < -0.4 is 5.56 Å². The van der Waals surface area contributed by atoms with Crippen molar-refractivity contribution in [3.63, 3.8) is 0 Å². The van der Waals surface area contributed by atoms with Crippen LogP contribution in [0.2, 0.25) is 0 Å². The van der Waals surface area contributed by atoms with Crippen LogP contribution in [0.3, 0.4) is 0 Å². The van der Waals surface area contributed by atoms with E-state index in [0.29, 0.717) is 29.5 Å². The van der Waals surface area contributed by atoms with Gasteiger partial charge in [-0.05, 0) is 54.2 Å². The van der Waals surface area contributed by atoms with Gasteiger partial charge in [-0.3, -0.25) is 9.36 Å². The molecule has 1 unspecified atom stereocenters. The van der Waals surface area contributed by atoms with E-state index in [0.717, 1.165) is 5.56 Å². The Morgan fingerprint density at radius 2 is 1.73 bits per heavy atom. The number of benzene rings is 2. The molecule has 0 fully saturated rings. The Morgan fingerprint density at radius 3 is 2.35 bits per heavy atom. The molecule has 2 heterocycles. The Morgan fingerprint density at radius 1 is 1.05 bits per heavy atom. The number of rotatable bonds is 10. The fourth-order valence-electron chi connectivity index (χ4n) is 4.61. The lowest BCUT2D eigenvalue weighted by molar-refractivity contribution is 0.161. The van der Waals surface area contributed by atoms with Crippen molar-refractivity contribution in [2.45, 2.75) is 49.4 Å². The highest BCUT2D eigenvalue weighted by atomic mass is 32.2. The van der Waals surface area contributed by atoms with Gasteiger partial charge < -0.3 is 9.84 Å². The highest BCUT2D eigenvalue weighted by Gasteiger charge is 2.32. The summed E-state index contributed by atoms with van der Waals surface area (Å²) in [5.74, 6) is -0.760. The van der Waals surface area contributed by atoms with E-state index in [-0.39, 0.29) is 23.2 Å². The van der Waals surface area contributed by atoms with Gasteiger partial charge in [0.1, 0.15) is 5.82 Å². The Kier molecular flexibility index (Phi) is 8.80. The molecule has 1 N–H and O–H groups in total. The summed E-state index contributed by atoms with van der Waals surface area (Å²) in [6.07, 6.45) is 2.35. The highest BCUT2D eigenvalue weighted by molar-refractivity contribution is 7.91. The molecule has 10 heteroatoms. The van der Waals surface area contributed by atoms with Crippen molar-refractivity contribution in [1.82, 2.24) is 14.5 Å². The van der Waals surface area contributed by atoms with Crippen LogP contribution >= 0.6 is 0 Å². The summed E-state index contributed by atoms with van der Waals surface area (Å²) in [5.41, 5.74) is 1.18. The average Bonchev–Trinajstić information content (AvgIpc) is 2.93. The van der Waals surface area contributed by atoms with Gasteiger partial charge in [0.25, 0.3) is 5.56 Å². The summed E-state index contributed by atoms with van der Waals surface area (Å²) in [6.45, 7) is 5.73. The van der Waals surface area contributed by atoms with Gasteiger partial charge in [0, 0.05) is 25.3 Å². The smallest absolute Gasteiger partial charge is 0.296 e. The number of methoxy groups -OCH3 is 1. The van der Waals surface area contributed by atoms with E-state index in [1.807, 2.05) is 44.2 Å². The van der Waals surface area contributed by atoms with Crippen LogP contribution in [-0.4, -0.2) is 41.8 Å². The van der Waals surface area contributed by atoms with Crippen LogP contribution in [0.5, 0.6) is 5.88 Å². The van der Waals surface area contributed by atoms with E-state index >= 15 is 0 Å². The number of nitrogens with zero attached hydrogens (tertiary/aromatic N) is 3. The molecule has 0 saturated carbocycles. The fraction of sp³-hybridized carbons (Fsp3) is 0.300. The third-order valence-corrected chi connectivity index (χ3v) is 8.57. The molecule has 0 saturated heterocycles. The lowest BCUT2D eigenvalue weighted by Crippen LogP contribution is -2.29. The first-order valence-electron chi connectivity index (χ1n) is 12.9. The van der Waals surface area contributed by atoms with E-state index in [1.54, 1.807) is 13.0 Å². The third-order valence-electron chi connectivity index (χ3n) is 6.79. The minimum absolute atomic E-state index is 0.104. The van der Waals surface area contributed by atoms with Gasteiger partial charge in [-0.25, -0.2) is 13.4 Å². The summed E-state index contributed by atoms with van der Waals surface area (Å²) < 4.78 is 48.4. The minimum Gasteiger partial charge on any atom is -0.493 e. The fourth-order valence-corrected chi connectivity index (χ4v) is 5.96. The molecule has 210 valence electrons. The average molecular weight is 566 g/mol. The van der Waals surface area contributed by atoms with Crippen LogP contribution in [0.1, 0.15) is 43.3 Å². The molecule has 1 atom stereocenters. The quantitative estimate of drug-likeness (QED) is 0.266. The van der Waals surface area contributed by atoms with Crippen molar-refractivity contribution in [1.29, 1.82) is 0 Å². The number of aromatic hydroxyl groups is 1. The van der Waals surface area contributed by atoms with Crippen molar-refractivity contribution in [3.05, 3.63) is 100 Å². The van der Waals surface area contributed by atoms with E-state index < -0.39 is 38.2 Å². The predicted molar refractivity (Wildman–Crippen MR) is 150 cm³/mol. The molecule has 4 rings (SSSR count). The largest absolute Gasteiger partial charge is 0.493 e. The van der Waals surface area contributed by atoms with Crippen molar-refractivity contribution < 1.29 is 22.7 Å². The standard InChI is InChI=1S/C30H32FN3O5S/c1-19(2)10-15-26-33-29(35)27(30(36)34(26)25(18-39-4)22-8-6-5-7-9-22)40(37,38)23-13-11-21(12-14-23)24-16-17-32-28(31)20(24)3/h5-9,11-14,16-17,19,25,36H,10,15,18H2,1-4H3. The van der Waals surface area contributed by atoms with Crippen molar-refractivity contribution in [3.8, 4) is 17.0 Å². The third kappa shape index (κ3) is 5.83. The molecule has 0 aliphatic heterocycles. The Hall–Kier alpha value is -3.89. The number of halogens is 1. The van der Waals surface area contributed by atoms with Crippen molar-refractivity contribution >= 4 is 9.84 Å². The molecule has 8 nitrogen and oxygen atoms in total. The summed E-state index contributed by atoms with van der Waals surface area (Å²) in [7, 11) is -2.99. The van der Waals surface area contributed by atoms with Crippen molar-refractivity contribution in [2.24, 2.45) is 5.92 Å². The van der Waals surface area contributed by atoms with Crippen LogP contribution in [0.25, 0.3) is 11.1 Å². The number of aryl methyl sites for hydroxylation is 1. The normalized spacial score (nSPS) is 12.6. The van der Waals surface area contributed by atoms with Gasteiger partial charge in [-0.2, -0.15) is 9.37 Å². The summed E-state index contributed by atoms with van der Waals surface area (Å²) in [5, 5.41) is 11.5. The second-order valence-corrected chi connectivity index (χ2v) is 11.9. The zero-order chi connectivity index (χ0) is 29.0. The maximum absolute atomic E-state index is 14.0. The first-order valence-corrected chi connectivity index (χ1v) is 14.4. The van der Waals surface area contributed by atoms with Gasteiger partial charge in [0.2, 0.25) is 21.7 Å². The summed E-state index contributed by atoms with van der Waals surface area (Å²) in [6, 6.07) is 15.9. The second-order valence-electron chi connectivity index (χ2n) is 9.97. The van der Waals surface area contributed by atoms with Gasteiger partial charge in [0.15, 0.2) is 4.90 Å². The first-order chi connectivity index (χ1) is 19.1. The number of pyridine rings is 1. The van der Waals surface area contributed by atoms with Crippen molar-refractivity contribution in [2.75, 3.05) is 13.7 Å². The van der Waals surface area contributed by atoms with E-state index in [4.69, 9.17) is 4.74 Å². The number of hydrogen-bond donors (Lipinski definition) is 1. The molecular weight excluding hydrogens is 533 g/mol. The molecule has 4 aromatic rings. The van der Waals surface area contributed by atoms with Gasteiger partial charge in [0.05, 0.1) is 17.5 Å². The van der Waals surface area contributed by atoms with Gasteiger partial charge >= 0.3 is 0 Å². The van der Waals surface area contributed by atoms with Gasteiger partial charge in [-0.1, -0.05) is 56.3 Å². The van der Waals surface area contributed by atoms with Gasteiger partial charge in [-0.15, -0.1) is 0 Å². The topological polar surface area (TPSA) is 111 Å². The zero-order valence-corrected chi connectivity index (χ0v) is 23.7. The maximum atomic E-state index is 14.0. The van der Waals surface area contributed by atoms with E-state index in [2.05, 4.69) is 9.97 Å². The van der Waals surface area contributed by atoms with E-state index in [9.17, 15) is 22.7 Å². The Labute approximate surface area is 233 Å². The van der Waals surface area contributed by atoms with Crippen LogP contribution in [-0.2, 0) is 21.0 Å². The SMILES string of the molecule is COCC(c1ccccc1)n1c(CCC(C)C)nc(=O)c(S(=O)(=O)c2ccc(-c3ccnc(F)c3C)cc2)c1O. The summed E-state index contributed by atoms with van der Waals surface area (Å²) in [4.78, 5) is 20.0. The van der Waals surface area contributed by atoms with Crippen LogP contribution in [0, 0.1) is 18.8 Å². The Balaban J connectivity index is 1.87. The second kappa shape index (κ2) is 12.1. The molecule has 40 heavy (non-hydrogen) atoms. The zero-order valence-electron chi connectivity index (χ0n) is 22.8. The first kappa shape index (κ1) is 29.1. The molecule has 0 spiro atoms. The molecule has 2 aromatic carbocycles. The lowest BCUT2D eigenvalue weighted by atomic mass is 10.0.